The molecule has 6 aromatic rings. The molecule has 0 radical (unpaired) electrons. The lowest BCUT2D eigenvalue weighted by atomic mass is 10.0. The van der Waals surface area contributed by atoms with Gasteiger partial charge in [-0.25, -0.2) is 18.4 Å². The average Bonchev–Trinajstić information content (AvgIpc) is 3.66. The third kappa shape index (κ3) is 4.52. The summed E-state index contributed by atoms with van der Waals surface area (Å²) in [5.41, 5.74) is 2.26. The minimum Gasteiger partial charge on any atom is -0.453 e. The fourth-order valence-electron chi connectivity index (χ4n) is 4.69. The fourth-order valence-corrected chi connectivity index (χ4v) is 5.39. The largest absolute Gasteiger partial charge is 0.453 e. The first-order chi connectivity index (χ1) is 19.3. The molecule has 0 aliphatic rings. The van der Waals surface area contributed by atoms with E-state index in [1.165, 1.54) is 41.1 Å². The van der Waals surface area contributed by atoms with Crippen LogP contribution in [0.15, 0.2) is 83.1 Å². The number of carbonyl (C=O) groups excluding carboxylic acids is 1. The summed E-state index contributed by atoms with van der Waals surface area (Å²) in [5, 5.41) is 2.69. The normalized spacial score (nSPS) is 11.3. The first-order valence-electron chi connectivity index (χ1n) is 12.4. The van der Waals surface area contributed by atoms with E-state index in [2.05, 4.69) is 9.97 Å². The Balaban J connectivity index is 1.25. The van der Waals surface area contributed by atoms with E-state index in [0.29, 0.717) is 33.7 Å². The van der Waals surface area contributed by atoms with Gasteiger partial charge in [-0.05, 0) is 72.5 Å². The SMILES string of the molecule is Cc1c(C(=O)Cc2ccc(Oc3ccnc4[nH]c(-c5cccs5)cc34)c(F)c2)c(=O)n(-c2ccc(F)cc2)n1C. The monoisotopic (exact) mass is 556 g/mol. The minimum atomic E-state index is -0.641. The number of rotatable bonds is 7. The van der Waals surface area contributed by atoms with Gasteiger partial charge in [0.05, 0.1) is 21.6 Å². The molecule has 7 nitrogen and oxygen atoms in total. The van der Waals surface area contributed by atoms with E-state index in [9.17, 15) is 14.0 Å². The number of aromatic nitrogens is 4. The number of hydrogen-bond acceptors (Lipinski definition) is 5. The minimum absolute atomic E-state index is 0.000685. The molecule has 0 fully saturated rings. The van der Waals surface area contributed by atoms with Crippen molar-refractivity contribution in [2.24, 2.45) is 7.05 Å². The molecule has 200 valence electrons. The molecule has 0 bridgehead atoms. The molecule has 0 amide bonds. The molecule has 0 unspecified atom stereocenters. The molecule has 0 aliphatic carbocycles. The lowest BCUT2D eigenvalue weighted by molar-refractivity contribution is 0.0991. The molecule has 10 heteroatoms. The number of nitrogens with one attached hydrogen (secondary N) is 1. The second kappa shape index (κ2) is 10.0. The predicted octanol–water partition coefficient (Wildman–Crippen LogP) is 6.59. The second-order valence-corrected chi connectivity index (χ2v) is 10.2. The van der Waals surface area contributed by atoms with Crippen LogP contribution >= 0.6 is 11.3 Å². The van der Waals surface area contributed by atoms with Crippen molar-refractivity contribution in [3.63, 3.8) is 0 Å². The number of thiophene rings is 1. The van der Waals surface area contributed by atoms with Gasteiger partial charge >= 0.3 is 0 Å². The van der Waals surface area contributed by atoms with Gasteiger partial charge < -0.3 is 9.72 Å². The Morgan fingerprint density at radius 3 is 2.58 bits per heavy atom. The van der Waals surface area contributed by atoms with Crippen molar-refractivity contribution in [2.75, 3.05) is 0 Å². The maximum Gasteiger partial charge on any atom is 0.282 e. The van der Waals surface area contributed by atoms with Crippen LogP contribution in [0, 0.1) is 18.6 Å². The molecule has 0 saturated heterocycles. The van der Waals surface area contributed by atoms with Gasteiger partial charge in [0.15, 0.2) is 17.3 Å². The molecule has 4 aromatic heterocycles. The topological polar surface area (TPSA) is 81.9 Å². The highest BCUT2D eigenvalue weighted by Gasteiger charge is 2.23. The maximum atomic E-state index is 15.1. The van der Waals surface area contributed by atoms with E-state index >= 15 is 4.39 Å². The third-order valence-corrected chi connectivity index (χ3v) is 7.67. The first kappa shape index (κ1) is 25.4. The molecule has 0 aliphatic heterocycles. The Kier molecular flexibility index (Phi) is 6.39. The zero-order chi connectivity index (χ0) is 28.0. The number of aromatic amines is 1. The third-order valence-electron chi connectivity index (χ3n) is 6.76. The van der Waals surface area contributed by atoms with Crippen LogP contribution in [0.5, 0.6) is 11.5 Å². The molecular formula is C30H22F2N4O3S. The Hall–Kier alpha value is -4.83. The number of pyridine rings is 1. The Bertz CT molecular complexity index is 1940. The van der Waals surface area contributed by atoms with Crippen LogP contribution in [0.1, 0.15) is 21.6 Å². The van der Waals surface area contributed by atoms with Crippen LogP contribution in [0.25, 0.3) is 27.3 Å². The van der Waals surface area contributed by atoms with Crippen molar-refractivity contribution < 1.29 is 18.3 Å². The molecule has 0 atom stereocenters. The van der Waals surface area contributed by atoms with Gasteiger partial charge in [0.2, 0.25) is 0 Å². The zero-order valence-electron chi connectivity index (χ0n) is 21.4. The van der Waals surface area contributed by atoms with Crippen molar-refractivity contribution in [3.05, 3.63) is 117 Å². The lowest BCUT2D eigenvalue weighted by Gasteiger charge is -2.09. The quantitative estimate of drug-likeness (QED) is 0.225. The standard InChI is InChI=1S/C30H22F2N4O3S/c1-17-28(30(38)36(35(17)2)20-8-6-19(31)7-9-20)24(37)15-18-5-10-26(22(32)14-18)39-25-11-12-33-29-21(25)16-23(34-29)27-4-3-13-40-27/h3-14,16H,15H2,1-2H3,(H,33,34). The number of carbonyl (C=O) groups is 1. The summed E-state index contributed by atoms with van der Waals surface area (Å²) in [7, 11) is 1.65. The van der Waals surface area contributed by atoms with Crippen LogP contribution in [0.4, 0.5) is 8.78 Å². The number of benzene rings is 2. The van der Waals surface area contributed by atoms with E-state index in [0.717, 1.165) is 10.6 Å². The van der Waals surface area contributed by atoms with Crippen LogP contribution in [0.3, 0.4) is 0 Å². The van der Waals surface area contributed by atoms with E-state index in [1.54, 1.807) is 48.3 Å². The van der Waals surface area contributed by atoms with E-state index in [1.807, 2.05) is 23.6 Å². The number of fused-ring (bicyclic) bond motifs is 1. The van der Waals surface area contributed by atoms with Crippen molar-refractivity contribution in [3.8, 4) is 27.8 Å². The van der Waals surface area contributed by atoms with E-state index in [-0.39, 0.29) is 17.7 Å². The van der Waals surface area contributed by atoms with Gasteiger partial charge in [0, 0.05) is 25.4 Å². The molecule has 40 heavy (non-hydrogen) atoms. The average molecular weight is 557 g/mol. The summed E-state index contributed by atoms with van der Waals surface area (Å²) in [4.78, 5) is 35.0. The van der Waals surface area contributed by atoms with Gasteiger partial charge in [-0.3, -0.25) is 14.3 Å². The van der Waals surface area contributed by atoms with Gasteiger partial charge in [0.25, 0.3) is 5.56 Å². The van der Waals surface area contributed by atoms with Crippen LogP contribution < -0.4 is 10.3 Å². The van der Waals surface area contributed by atoms with Crippen molar-refractivity contribution in [1.29, 1.82) is 0 Å². The van der Waals surface area contributed by atoms with Crippen LogP contribution in [-0.4, -0.2) is 25.1 Å². The molecular weight excluding hydrogens is 534 g/mol. The number of nitrogens with zero attached hydrogens (tertiary/aromatic N) is 3. The van der Waals surface area contributed by atoms with Crippen molar-refractivity contribution in [1.82, 2.24) is 19.3 Å². The summed E-state index contributed by atoms with van der Waals surface area (Å²) in [6.07, 6.45) is 1.40. The summed E-state index contributed by atoms with van der Waals surface area (Å²) >= 11 is 1.59. The number of H-pyrrole nitrogens is 1. The highest BCUT2D eigenvalue weighted by atomic mass is 32.1. The zero-order valence-corrected chi connectivity index (χ0v) is 22.3. The van der Waals surface area contributed by atoms with Gasteiger partial charge in [-0.15, -0.1) is 11.3 Å². The van der Waals surface area contributed by atoms with E-state index in [4.69, 9.17) is 4.74 Å². The second-order valence-electron chi connectivity index (χ2n) is 9.28. The summed E-state index contributed by atoms with van der Waals surface area (Å²) in [6.45, 7) is 1.66. The maximum absolute atomic E-state index is 15.1. The molecule has 2 aromatic carbocycles. The van der Waals surface area contributed by atoms with Crippen molar-refractivity contribution >= 4 is 28.2 Å². The van der Waals surface area contributed by atoms with E-state index < -0.39 is 23.0 Å². The Morgan fingerprint density at radius 1 is 1.05 bits per heavy atom. The van der Waals surface area contributed by atoms with Gasteiger partial charge in [-0.2, -0.15) is 0 Å². The number of ketones is 1. The van der Waals surface area contributed by atoms with Gasteiger partial charge in [-0.1, -0.05) is 12.1 Å². The molecule has 1 N–H and O–H groups in total. The van der Waals surface area contributed by atoms with Crippen LogP contribution in [-0.2, 0) is 13.5 Å². The number of Topliss-reactive ketones (excluding diaryl/α,β-unsaturated/α-hetero) is 1. The summed E-state index contributed by atoms with van der Waals surface area (Å²) in [6, 6.07) is 17.2. The lowest BCUT2D eigenvalue weighted by Crippen LogP contribution is -2.23. The van der Waals surface area contributed by atoms with Crippen molar-refractivity contribution in [2.45, 2.75) is 13.3 Å². The summed E-state index contributed by atoms with van der Waals surface area (Å²) < 4.78 is 37.3. The predicted molar refractivity (Wildman–Crippen MR) is 150 cm³/mol. The van der Waals surface area contributed by atoms with Crippen LogP contribution in [0.2, 0.25) is 0 Å². The van der Waals surface area contributed by atoms with Gasteiger partial charge in [0.1, 0.15) is 22.8 Å². The molecule has 4 heterocycles. The number of hydrogen-bond donors (Lipinski definition) is 1. The Labute approximate surface area is 230 Å². The molecule has 6 rings (SSSR count). The highest BCUT2D eigenvalue weighted by Crippen LogP contribution is 2.34. The summed E-state index contributed by atoms with van der Waals surface area (Å²) in [5.74, 6) is -1.09. The number of ether oxygens (including phenoxy) is 1. The smallest absolute Gasteiger partial charge is 0.282 e. The first-order valence-corrected chi connectivity index (χ1v) is 13.2. The number of halogens is 2. The fraction of sp³-hybridized carbons (Fsp3) is 0.100. The molecule has 0 saturated carbocycles. The molecule has 0 spiro atoms. The highest BCUT2D eigenvalue weighted by molar-refractivity contribution is 7.13. The Morgan fingerprint density at radius 2 is 1.85 bits per heavy atom.